The maximum absolute atomic E-state index is 11.8. The van der Waals surface area contributed by atoms with E-state index in [2.05, 4.69) is 26.6 Å². The molecule has 0 fully saturated rings. The van der Waals surface area contributed by atoms with Crippen LogP contribution in [0, 0.1) is 0 Å². The number of aliphatic carboxylic acids is 1. The van der Waals surface area contributed by atoms with Crippen molar-refractivity contribution in [2.45, 2.75) is 18.9 Å². The summed E-state index contributed by atoms with van der Waals surface area (Å²) in [5.74, 6) is -0.665. The summed E-state index contributed by atoms with van der Waals surface area (Å²) >= 11 is 3.28. The first kappa shape index (κ1) is 17.3. The lowest BCUT2D eigenvalue weighted by molar-refractivity contribution is -0.141. The molecule has 8 heteroatoms. The van der Waals surface area contributed by atoms with Crippen LogP contribution in [-0.2, 0) is 4.79 Å². The summed E-state index contributed by atoms with van der Waals surface area (Å²) in [7, 11) is 1.48. The van der Waals surface area contributed by atoms with Crippen molar-refractivity contribution in [2.75, 3.05) is 19.0 Å². The lowest BCUT2D eigenvalue weighted by Crippen LogP contribution is -2.43. The molecule has 0 bridgehead atoms. The van der Waals surface area contributed by atoms with E-state index in [9.17, 15) is 14.7 Å². The number of carboxylic acids is 1. The Morgan fingerprint density at radius 3 is 2.67 bits per heavy atom. The molecule has 1 unspecified atom stereocenters. The number of halogens is 1. The Kier molecular flexibility index (Phi) is 5.98. The van der Waals surface area contributed by atoms with Gasteiger partial charge in [-0.05, 0) is 25.1 Å². The van der Waals surface area contributed by atoms with Gasteiger partial charge in [-0.3, -0.25) is 4.79 Å². The predicted molar refractivity (Wildman–Crippen MR) is 80.6 cm³/mol. The van der Waals surface area contributed by atoms with Crippen molar-refractivity contribution in [3.05, 3.63) is 22.7 Å². The van der Waals surface area contributed by atoms with Crippen LogP contribution < -0.4 is 15.4 Å². The fourth-order valence-corrected chi connectivity index (χ4v) is 1.96. The number of methoxy groups -OCH3 is 1. The largest absolute Gasteiger partial charge is 0.495 e. The van der Waals surface area contributed by atoms with Crippen molar-refractivity contribution in [3.63, 3.8) is 0 Å². The standard InChI is InChI=1S/C13H17BrN2O5/c1-13(20,6-11(17)18)7-15-12(19)16-9-5-8(14)3-4-10(9)21-2/h3-5,20H,6-7H2,1-2H3,(H,17,18)(H2,15,16,19). The summed E-state index contributed by atoms with van der Waals surface area (Å²) in [6, 6.07) is 4.53. The van der Waals surface area contributed by atoms with Crippen molar-refractivity contribution in [1.82, 2.24) is 5.32 Å². The Bertz CT molecular complexity index is 533. The fourth-order valence-electron chi connectivity index (χ4n) is 1.60. The molecule has 0 aliphatic carbocycles. The van der Waals surface area contributed by atoms with Crippen molar-refractivity contribution < 1.29 is 24.5 Å². The fraction of sp³-hybridized carbons (Fsp3) is 0.385. The molecule has 0 heterocycles. The van der Waals surface area contributed by atoms with Crippen LogP contribution in [-0.4, -0.2) is 41.5 Å². The number of carboxylic acid groups (broad SMARTS) is 1. The number of carbonyl (C=O) groups is 2. The van der Waals surface area contributed by atoms with E-state index in [4.69, 9.17) is 9.84 Å². The lowest BCUT2D eigenvalue weighted by atomic mass is 10.0. The lowest BCUT2D eigenvalue weighted by Gasteiger charge is -2.21. The Hall–Kier alpha value is -1.80. The van der Waals surface area contributed by atoms with Gasteiger partial charge in [-0.1, -0.05) is 15.9 Å². The third-order valence-electron chi connectivity index (χ3n) is 2.57. The van der Waals surface area contributed by atoms with E-state index in [0.29, 0.717) is 11.4 Å². The highest BCUT2D eigenvalue weighted by Crippen LogP contribution is 2.27. The number of hydrogen-bond acceptors (Lipinski definition) is 4. The first-order chi connectivity index (χ1) is 9.73. The predicted octanol–water partition coefficient (Wildman–Crippen LogP) is 1.80. The van der Waals surface area contributed by atoms with Crippen LogP contribution >= 0.6 is 15.9 Å². The highest BCUT2D eigenvalue weighted by Gasteiger charge is 2.24. The molecular formula is C13H17BrN2O5. The van der Waals surface area contributed by atoms with Crippen LogP contribution in [0.1, 0.15) is 13.3 Å². The average molecular weight is 361 g/mol. The molecule has 0 saturated carbocycles. The summed E-state index contributed by atoms with van der Waals surface area (Å²) in [4.78, 5) is 22.3. The summed E-state index contributed by atoms with van der Waals surface area (Å²) in [6.45, 7) is 1.14. The van der Waals surface area contributed by atoms with Gasteiger partial charge in [0.15, 0.2) is 0 Å². The van der Waals surface area contributed by atoms with Gasteiger partial charge < -0.3 is 25.6 Å². The Morgan fingerprint density at radius 1 is 1.43 bits per heavy atom. The number of carbonyl (C=O) groups excluding carboxylic acids is 1. The van der Waals surface area contributed by atoms with Crippen LogP contribution in [0.15, 0.2) is 22.7 Å². The van der Waals surface area contributed by atoms with Crippen molar-refractivity contribution in [2.24, 2.45) is 0 Å². The van der Waals surface area contributed by atoms with E-state index >= 15 is 0 Å². The second-order valence-corrected chi connectivity index (χ2v) is 5.64. The molecule has 1 aromatic rings. The quantitative estimate of drug-likeness (QED) is 0.618. The molecule has 0 aliphatic heterocycles. The van der Waals surface area contributed by atoms with E-state index in [-0.39, 0.29) is 6.54 Å². The van der Waals surface area contributed by atoms with Crippen LogP contribution in [0.3, 0.4) is 0 Å². The average Bonchev–Trinajstić information content (AvgIpc) is 2.35. The second-order valence-electron chi connectivity index (χ2n) is 4.72. The molecule has 2 amide bonds. The van der Waals surface area contributed by atoms with E-state index in [1.165, 1.54) is 14.0 Å². The molecule has 0 spiro atoms. The summed E-state index contributed by atoms with van der Waals surface area (Å²) in [5.41, 5.74) is -1.08. The van der Waals surface area contributed by atoms with Gasteiger partial charge in [0, 0.05) is 11.0 Å². The molecular weight excluding hydrogens is 344 g/mol. The number of rotatable bonds is 6. The first-order valence-electron chi connectivity index (χ1n) is 6.06. The molecule has 21 heavy (non-hydrogen) atoms. The first-order valence-corrected chi connectivity index (χ1v) is 6.85. The number of aliphatic hydroxyl groups is 1. The number of nitrogens with one attached hydrogen (secondary N) is 2. The minimum atomic E-state index is -1.52. The third kappa shape index (κ3) is 6.01. The van der Waals surface area contributed by atoms with Crippen LogP contribution in [0.25, 0.3) is 0 Å². The van der Waals surface area contributed by atoms with Gasteiger partial charge in [-0.2, -0.15) is 0 Å². The zero-order valence-electron chi connectivity index (χ0n) is 11.6. The molecule has 0 aromatic heterocycles. The topological polar surface area (TPSA) is 108 Å². The number of ether oxygens (including phenoxy) is 1. The van der Waals surface area contributed by atoms with Gasteiger partial charge in [-0.25, -0.2) is 4.79 Å². The maximum atomic E-state index is 11.8. The Balaban J connectivity index is 2.62. The number of urea groups is 1. The van der Waals surface area contributed by atoms with E-state index in [1.807, 2.05) is 0 Å². The van der Waals surface area contributed by atoms with E-state index in [0.717, 1.165) is 4.47 Å². The molecule has 0 radical (unpaired) electrons. The molecule has 7 nitrogen and oxygen atoms in total. The van der Waals surface area contributed by atoms with Gasteiger partial charge in [0.2, 0.25) is 0 Å². The molecule has 1 atom stereocenters. The van der Waals surface area contributed by atoms with Gasteiger partial charge in [0.05, 0.1) is 24.8 Å². The number of amides is 2. The Morgan fingerprint density at radius 2 is 2.10 bits per heavy atom. The van der Waals surface area contributed by atoms with Crippen LogP contribution in [0.5, 0.6) is 5.75 Å². The normalized spacial score (nSPS) is 13.1. The zero-order chi connectivity index (χ0) is 16.0. The number of anilines is 1. The van der Waals surface area contributed by atoms with Gasteiger partial charge in [-0.15, -0.1) is 0 Å². The van der Waals surface area contributed by atoms with E-state index in [1.54, 1.807) is 18.2 Å². The van der Waals surface area contributed by atoms with Crippen LogP contribution in [0.4, 0.5) is 10.5 Å². The maximum Gasteiger partial charge on any atom is 0.319 e. The minimum Gasteiger partial charge on any atom is -0.495 e. The third-order valence-corrected chi connectivity index (χ3v) is 3.06. The van der Waals surface area contributed by atoms with Crippen molar-refractivity contribution in [1.29, 1.82) is 0 Å². The molecule has 1 rings (SSSR count). The number of hydrogen-bond donors (Lipinski definition) is 4. The molecule has 4 N–H and O–H groups in total. The smallest absolute Gasteiger partial charge is 0.319 e. The molecule has 0 saturated heterocycles. The molecule has 116 valence electrons. The SMILES string of the molecule is COc1ccc(Br)cc1NC(=O)NCC(C)(O)CC(=O)O. The van der Waals surface area contributed by atoms with Crippen molar-refractivity contribution in [3.8, 4) is 5.75 Å². The summed E-state index contributed by atoms with van der Waals surface area (Å²) in [5, 5.41) is 23.4. The zero-order valence-corrected chi connectivity index (χ0v) is 13.2. The second kappa shape index (κ2) is 7.28. The highest BCUT2D eigenvalue weighted by atomic mass is 79.9. The summed E-state index contributed by atoms with van der Waals surface area (Å²) in [6.07, 6.45) is -0.465. The van der Waals surface area contributed by atoms with Crippen LogP contribution in [0.2, 0.25) is 0 Å². The van der Waals surface area contributed by atoms with Gasteiger partial charge in [0.25, 0.3) is 0 Å². The number of benzene rings is 1. The summed E-state index contributed by atoms with van der Waals surface area (Å²) < 4.78 is 5.87. The van der Waals surface area contributed by atoms with Gasteiger partial charge in [0.1, 0.15) is 5.75 Å². The molecule has 1 aromatic carbocycles. The van der Waals surface area contributed by atoms with E-state index < -0.39 is 24.0 Å². The van der Waals surface area contributed by atoms with Crippen molar-refractivity contribution >= 4 is 33.6 Å². The molecule has 0 aliphatic rings. The monoisotopic (exact) mass is 360 g/mol. The Labute approximate surface area is 130 Å². The minimum absolute atomic E-state index is 0.193. The van der Waals surface area contributed by atoms with Gasteiger partial charge >= 0.3 is 12.0 Å². The highest BCUT2D eigenvalue weighted by molar-refractivity contribution is 9.10.